The molecule has 0 amide bonds. The summed E-state index contributed by atoms with van der Waals surface area (Å²) in [5.74, 6) is 2.05. The number of benzene rings is 4. The van der Waals surface area contributed by atoms with Crippen LogP contribution in [0.2, 0.25) is 0 Å². The summed E-state index contributed by atoms with van der Waals surface area (Å²) in [7, 11) is 0. The van der Waals surface area contributed by atoms with E-state index in [2.05, 4.69) is 131 Å². The summed E-state index contributed by atoms with van der Waals surface area (Å²) < 4.78 is 10.5. The zero-order chi connectivity index (χ0) is 31.3. The third kappa shape index (κ3) is 5.92. The van der Waals surface area contributed by atoms with Crippen LogP contribution in [0, 0.1) is 12.1 Å². The summed E-state index contributed by atoms with van der Waals surface area (Å²) in [6.45, 7) is 13.2. The Labute approximate surface area is 285 Å². The van der Waals surface area contributed by atoms with Crippen LogP contribution >= 0.6 is 0 Å². The van der Waals surface area contributed by atoms with Gasteiger partial charge in [0.15, 0.2) is 0 Å². The van der Waals surface area contributed by atoms with Gasteiger partial charge in [0, 0.05) is 40.4 Å². The fourth-order valence-electron chi connectivity index (χ4n) is 5.81. The van der Waals surface area contributed by atoms with Crippen molar-refractivity contribution in [2.75, 3.05) is 0 Å². The van der Waals surface area contributed by atoms with E-state index in [1.807, 2.05) is 41.2 Å². The molecule has 4 aromatic carbocycles. The first kappa shape index (κ1) is 31.5. The number of rotatable bonds is 5. The van der Waals surface area contributed by atoms with Crippen molar-refractivity contribution in [3.8, 4) is 34.1 Å². The molecule has 0 atom stereocenters. The molecule has 46 heavy (non-hydrogen) atoms. The third-order valence-electron chi connectivity index (χ3n) is 8.13. The van der Waals surface area contributed by atoms with Crippen molar-refractivity contribution in [2.24, 2.45) is 0 Å². The predicted molar refractivity (Wildman–Crippen MR) is 183 cm³/mol. The zero-order valence-electron chi connectivity index (χ0n) is 26.9. The number of ether oxygens (including phenoxy) is 1. The van der Waals surface area contributed by atoms with Crippen LogP contribution in [0.3, 0.4) is 0 Å². The Hall–Kier alpha value is -4.47. The fraction of sp³-hybridized carbons (Fsp3) is 0.200. The minimum atomic E-state index is -0.130. The Morgan fingerprint density at radius 1 is 0.696 bits per heavy atom. The van der Waals surface area contributed by atoms with Crippen molar-refractivity contribution in [3.05, 3.63) is 133 Å². The molecule has 7 rings (SSSR count). The second kappa shape index (κ2) is 12.0. The first-order chi connectivity index (χ1) is 21.6. The zero-order valence-corrected chi connectivity index (χ0v) is 29.2. The van der Waals surface area contributed by atoms with Crippen LogP contribution < -0.4 is 4.74 Å². The predicted octanol–water partition coefficient (Wildman–Crippen LogP) is 10.0. The molecule has 5 nitrogen and oxygen atoms in total. The van der Waals surface area contributed by atoms with E-state index in [0.717, 1.165) is 50.1 Å². The Bertz CT molecular complexity index is 2160. The van der Waals surface area contributed by atoms with Gasteiger partial charge in [-0.15, -0.1) is 35.7 Å². The number of nitrogens with zero attached hydrogens (tertiary/aromatic N) is 4. The topological polar surface area (TPSA) is 44.9 Å². The monoisotopic (exact) mass is 783 g/mol. The van der Waals surface area contributed by atoms with Crippen LogP contribution in [-0.2, 0) is 31.9 Å². The molecule has 0 fully saturated rings. The molecule has 0 spiro atoms. The van der Waals surface area contributed by atoms with Crippen molar-refractivity contribution in [3.63, 3.8) is 0 Å². The third-order valence-corrected chi connectivity index (χ3v) is 8.13. The van der Waals surface area contributed by atoms with Gasteiger partial charge in [0.25, 0.3) is 0 Å². The molecule has 7 aromatic rings. The average Bonchev–Trinajstić information content (AvgIpc) is 3.62. The van der Waals surface area contributed by atoms with Crippen molar-refractivity contribution in [2.45, 2.75) is 52.4 Å². The summed E-state index contributed by atoms with van der Waals surface area (Å²) >= 11 is 0. The van der Waals surface area contributed by atoms with Gasteiger partial charge in [-0.25, -0.2) is 4.98 Å². The molecule has 6 heteroatoms. The van der Waals surface area contributed by atoms with E-state index in [9.17, 15) is 0 Å². The van der Waals surface area contributed by atoms with Gasteiger partial charge in [0.1, 0.15) is 5.82 Å². The summed E-state index contributed by atoms with van der Waals surface area (Å²) in [5, 5.41) is 7.27. The van der Waals surface area contributed by atoms with Crippen molar-refractivity contribution in [1.82, 2.24) is 19.3 Å². The summed E-state index contributed by atoms with van der Waals surface area (Å²) in [4.78, 5) is 4.79. The normalized spacial score (nSPS) is 12.0. The number of pyridine rings is 1. The number of hydrogen-bond acceptors (Lipinski definition) is 3. The van der Waals surface area contributed by atoms with Gasteiger partial charge in [-0.2, -0.15) is 17.2 Å². The molecule has 0 saturated carbocycles. The van der Waals surface area contributed by atoms with Crippen LogP contribution in [0.15, 0.2) is 109 Å². The summed E-state index contributed by atoms with van der Waals surface area (Å²) in [5.41, 5.74) is 7.17. The van der Waals surface area contributed by atoms with Crippen molar-refractivity contribution >= 4 is 21.8 Å². The molecule has 0 radical (unpaired) electrons. The van der Waals surface area contributed by atoms with Gasteiger partial charge >= 0.3 is 21.1 Å². The minimum absolute atomic E-state index is 0. The number of para-hydroxylation sites is 1. The second-order valence-electron chi connectivity index (χ2n) is 13.5. The van der Waals surface area contributed by atoms with E-state index >= 15 is 0 Å². The quantitative estimate of drug-likeness (QED) is 0.163. The van der Waals surface area contributed by atoms with Gasteiger partial charge in [-0.05, 0) is 45.8 Å². The fourth-order valence-corrected chi connectivity index (χ4v) is 5.81. The van der Waals surface area contributed by atoms with Gasteiger partial charge in [0.2, 0.25) is 0 Å². The SMILES string of the molecule is CC(C)(C)c1ccnc(-n2c3[c-]c(Oc4[c-]c(-n5cc(-c6ccccc6)c(C(C)(C)C)n5)ccc4)ccc3c3ccccc32)c1.[Pt+2]. The molecule has 0 saturated heterocycles. The maximum absolute atomic E-state index is 6.42. The van der Waals surface area contributed by atoms with E-state index < -0.39 is 0 Å². The molecule has 3 aromatic heterocycles. The van der Waals surface area contributed by atoms with Crippen LogP contribution in [0.4, 0.5) is 0 Å². The average molecular weight is 784 g/mol. The Balaban J connectivity index is 0.00000372. The molecule has 0 aliphatic rings. The molecule has 232 valence electrons. The molecule has 0 unspecified atom stereocenters. The van der Waals surface area contributed by atoms with Gasteiger partial charge in [0.05, 0.1) is 5.69 Å². The van der Waals surface area contributed by atoms with E-state index in [0.29, 0.717) is 11.5 Å². The molecule has 0 aliphatic heterocycles. The van der Waals surface area contributed by atoms with Gasteiger partial charge in [-0.3, -0.25) is 4.68 Å². The van der Waals surface area contributed by atoms with Crippen LogP contribution in [0.25, 0.3) is 44.4 Å². The van der Waals surface area contributed by atoms with Crippen molar-refractivity contribution < 1.29 is 25.8 Å². The summed E-state index contributed by atoms with van der Waals surface area (Å²) in [6.07, 6.45) is 3.97. The molecule has 3 heterocycles. The van der Waals surface area contributed by atoms with Gasteiger partial charge < -0.3 is 9.30 Å². The van der Waals surface area contributed by atoms with E-state index in [1.54, 1.807) is 0 Å². The molecular weight excluding hydrogens is 748 g/mol. The van der Waals surface area contributed by atoms with Crippen LogP contribution in [0.5, 0.6) is 11.5 Å². The summed E-state index contributed by atoms with van der Waals surface area (Å²) in [6, 6.07) is 40.0. The first-order valence-electron chi connectivity index (χ1n) is 15.3. The maximum Gasteiger partial charge on any atom is 2.00 e. The smallest absolute Gasteiger partial charge is 0.509 e. The van der Waals surface area contributed by atoms with Gasteiger partial charge in [-0.1, -0.05) is 95.6 Å². The molecular formula is C40H36N4OPt. The number of aromatic nitrogens is 4. The first-order valence-corrected chi connectivity index (χ1v) is 15.3. The van der Waals surface area contributed by atoms with Crippen molar-refractivity contribution in [1.29, 1.82) is 0 Å². The van der Waals surface area contributed by atoms with E-state index in [-0.39, 0.29) is 31.9 Å². The van der Waals surface area contributed by atoms with E-state index in [4.69, 9.17) is 14.8 Å². The Kier molecular flexibility index (Phi) is 8.25. The standard InChI is InChI=1S/C40H36N4O.Pt/c1-39(2,3)28-21-22-41-37(23-28)44-35-18-11-10-17-32(35)33-20-19-31(25-36(33)44)45-30-16-12-15-29(24-30)43-26-34(27-13-8-7-9-14-27)38(42-43)40(4,5)6;/h7-23,26H,1-6H3;/q-2;+2. The Morgan fingerprint density at radius 3 is 2.20 bits per heavy atom. The number of hydrogen-bond donors (Lipinski definition) is 0. The number of fused-ring (bicyclic) bond motifs is 3. The molecule has 0 N–H and O–H groups in total. The second-order valence-corrected chi connectivity index (χ2v) is 13.5. The molecule has 0 bridgehead atoms. The Morgan fingerprint density at radius 2 is 1.43 bits per heavy atom. The van der Waals surface area contributed by atoms with Crippen LogP contribution in [-0.4, -0.2) is 19.3 Å². The molecule has 0 aliphatic carbocycles. The van der Waals surface area contributed by atoms with E-state index in [1.165, 1.54) is 5.56 Å². The van der Waals surface area contributed by atoms with Crippen LogP contribution in [0.1, 0.15) is 52.8 Å². The minimum Gasteiger partial charge on any atom is -0.509 e. The largest absolute Gasteiger partial charge is 2.00 e. The maximum atomic E-state index is 6.42.